The number of hydrogen-bond donors (Lipinski definition) is 9. The van der Waals surface area contributed by atoms with Gasteiger partial charge in [0.15, 0.2) is 12.6 Å². The van der Waals surface area contributed by atoms with Gasteiger partial charge < -0.3 is 65.1 Å². The molecule has 3 aliphatic rings. The molecule has 0 radical (unpaired) electrons. The van der Waals surface area contributed by atoms with Gasteiger partial charge in [-0.1, -0.05) is 58.8 Å². The number of unbranched alkanes of at least 4 members (excludes halogenated alkanes) is 2. The molecule has 2 saturated heterocycles. The fourth-order valence-electron chi connectivity index (χ4n) is 7.19. The molecule has 10 atom stereocenters. The molecular weight excluding hydrogens is 606 g/mol. The predicted octanol–water partition coefficient (Wildman–Crippen LogP) is -0.559. The SMILES string of the molecule is CCCCC(CCCC)(CC(=O)NC(CO[C@H]1OC(CO)[C@H](O)[C@@H](O)C1O)CO[C@H]1OC(CO)[C@H](O)[C@@H](O)C1O)C1CCCCC1. The molecule has 1 amide bonds. The minimum absolute atomic E-state index is 0.169. The van der Waals surface area contributed by atoms with E-state index in [9.17, 15) is 45.6 Å². The number of nitrogens with one attached hydrogen (secondary N) is 1. The molecule has 2 heterocycles. The highest BCUT2D eigenvalue weighted by atomic mass is 16.7. The largest absolute Gasteiger partial charge is 0.394 e. The van der Waals surface area contributed by atoms with Gasteiger partial charge in [-0.05, 0) is 37.0 Å². The summed E-state index contributed by atoms with van der Waals surface area (Å²) in [5, 5.41) is 83.7. The lowest BCUT2D eigenvalue weighted by Gasteiger charge is -2.43. The standard InChI is InChI=1S/C32H59NO13/c1-3-5-12-32(13-6-4-2,19-10-8-7-9-11-19)14-23(36)33-20(17-43-30-28(41)26(39)24(37)21(15-34)45-30)18-44-31-29(42)27(40)25(38)22(16-35)46-31/h19-22,24-31,34-35,37-42H,3-18H2,1-2H3,(H,33,36)/t20?,21?,22?,24-,25-,26+,27+,28?,29?,30-,31-/m0/s1. The van der Waals surface area contributed by atoms with Crippen LogP contribution < -0.4 is 5.32 Å². The van der Waals surface area contributed by atoms with Crippen molar-refractivity contribution in [3.63, 3.8) is 0 Å². The molecule has 4 unspecified atom stereocenters. The second-order valence-electron chi connectivity index (χ2n) is 13.4. The monoisotopic (exact) mass is 665 g/mol. The lowest BCUT2D eigenvalue weighted by Crippen LogP contribution is -2.60. The average molecular weight is 666 g/mol. The van der Waals surface area contributed by atoms with Gasteiger partial charge in [0.1, 0.15) is 48.8 Å². The summed E-state index contributed by atoms with van der Waals surface area (Å²) in [4.78, 5) is 13.9. The van der Waals surface area contributed by atoms with Crippen LogP contribution in [-0.2, 0) is 23.7 Å². The van der Waals surface area contributed by atoms with Crippen molar-refractivity contribution in [2.24, 2.45) is 11.3 Å². The molecule has 9 N–H and O–H groups in total. The number of hydrogen-bond acceptors (Lipinski definition) is 13. The third-order valence-electron chi connectivity index (χ3n) is 10.0. The van der Waals surface area contributed by atoms with E-state index in [1.54, 1.807) is 0 Å². The number of rotatable bonds is 18. The van der Waals surface area contributed by atoms with Gasteiger partial charge in [0.2, 0.25) is 5.91 Å². The van der Waals surface area contributed by atoms with Crippen molar-refractivity contribution in [3.8, 4) is 0 Å². The molecule has 2 aliphatic heterocycles. The van der Waals surface area contributed by atoms with Crippen LogP contribution in [0, 0.1) is 11.3 Å². The number of aliphatic hydroxyl groups excluding tert-OH is 8. The van der Waals surface area contributed by atoms with E-state index in [2.05, 4.69) is 19.2 Å². The minimum atomic E-state index is -1.65. The second-order valence-corrected chi connectivity index (χ2v) is 13.4. The summed E-state index contributed by atoms with van der Waals surface area (Å²) in [6.07, 6.45) is -3.09. The first-order chi connectivity index (χ1) is 22.0. The van der Waals surface area contributed by atoms with E-state index in [4.69, 9.17) is 18.9 Å². The Hall–Kier alpha value is -1.01. The highest BCUT2D eigenvalue weighted by molar-refractivity contribution is 5.77. The Bertz CT molecular complexity index is 825. The molecule has 14 nitrogen and oxygen atoms in total. The zero-order chi connectivity index (χ0) is 33.9. The first kappa shape index (κ1) is 39.4. The molecular formula is C32H59NO13. The smallest absolute Gasteiger partial charge is 0.220 e. The van der Waals surface area contributed by atoms with Crippen molar-refractivity contribution in [2.75, 3.05) is 26.4 Å². The first-order valence-electron chi connectivity index (χ1n) is 17.1. The number of carbonyl (C=O) groups is 1. The first-order valence-corrected chi connectivity index (χ1v) is 17.1. The number of carbonyl (C=O) groups excluding carboxylic acids is 1. The molecule has 3 rings (SSSR count). The van der Waals surface area contributed by atoms with Crippen molar-refractivity contribution in [3.05, 3.63) is 0 Å². The molecule has 3 fully saturated rings. The lowest BCUT2D eigenvalue weighted by molar-refractivity contribution is -0.309. The number of ether oxygens (including phenoxy) is 4. The maximum Gasteiger partial charge on any atom is 0.220 e. The maximum atomic E-state index is 13.9. The van der Waals surface area contributed by atoms with Crippen LogP contribution in [0.5, 0.6) is 0 Å². The van der Waals surface area contributed by atoms with Crippen LogP contribution in [0.15, 0.2) is 0 Å². The van der Waals surface area contributed by atoms with Crippen molar-refractivity contribution >= 4 is 5.91 Å². The van der Waals surface area contributed by atoms with E-state index < -0.39 is 80.7 Å². The van der Waals surface area contributed by atoms with Gasteiger partial charge in [0.25, 0.3) is 0 Å². The molecule has 0 aromatic rings. The summed E-state index contributed by atoms with van der Waals surface area (Å²) in [5.74, 6) is 0.205. The Morgan fingerprint density at radius 2 is 1.20 bits per heavy atom. The molecule has 0 spiro atoms. The highest BCUT2D eigenvalue weighted by Crippen LogP contribution is 2.48. The molecule has 1 aliphatic carbocycles. The van der Waals surface area contributed by atoms with Gasteiger partial charge in [-0.2, -0.15) is 0 Å². The van der Waals surface area contributed by atoms with E-state index in [-0.39, 0.29) is 24.5 Å². The van der Waals surface area contributed by atoms with Crippen molar-refractivity contribution in [1.29, 1.82) is 0 Å². The Kier molecular flexibility index (Phi) is 16.5. The Morgan fingerprint density at radius 1 is 0.739 bits per heavy atom. The lowest BCUT2D eigenvalue weighted by atomic mass is 9.62. The third-order valence-corrected chi connectivity index (χ3v) is 10.0. The number of aliphatic hydroxyl groups is 8. The van der Waals surface area contributed by atoms with Crippen LogP contribution in [0.3, 0.4) is 0 Å². The summed E-state index contributed by atoms with van der Waals surface area (Å²) in [6, 6.07) is -0.895. The minimum Gasteiger partial charge on any atom is -0.394 e. The Morgan fingerprint density at radius 3 is 1.61 bits per heavy atom. The second kappa shape index (κ2) is 19.2. The Labute approximate surface area is 272 Å². The summed E-state index contributed by atoms with van der Waals surface area (Å²) in [6.45, 7) is 2.43. The van der Waals surface area contributed by atoms with Crippen LogP contribution in [0.1, 0.15) is 90.9 Å². The van der Waals surface area contributed by atoms with Gasteiger partial charge in [0, 0.05) is 6.42 Å². The average Bonchev–Trinajstić information content (AvgIpc) is 3.06. The topological polar surface area (TPSA) is 228 Å². The summed E-state index contributed by atoms with van der Waals surface area (Å²) < 4.78 is 22.4. The van der Waals surface area contributed by atoms with Crippen LogP contribution in [-0.4, -0.2) is 141 Å². The Balaban J connectivity index is 1.78. The van der Waals surface area contributed by atoms with Gasteiger partial charge >= 0.3 is 0 Å². The van der Waals surface area contributed by atoms with E-state index in [1.807, 2.05) is 0 Å². The highest BCUT2D eigenvalue weighted by Gasteiger charge is 2.46. The van der Waals surface area contributed by atoms with Crippen molar-refractivity contribution < 1.29 is 64.6 Å². The molecule has 14 heteroatoms. The van der Waals surface area contributed by atoms with Crippen LogP contribution in [0.2, 0.25) is 0 Å². The molecule has 1 saturated carbocycles. The summed E-state index contributed by atoms with van der Waals surface area (Å²) >= 11 is 0. The van der Waals surface area contributed by atoms with E-state index in [0.29, 0.717) is 12.3 Å². The summed E-state index contributed by atoms with van der Waals surface area (Å²) in [5.41, 5.74) is -0.169. The van der Waals surface area contributed by atoms with Crippen LogP contribution in [0.25, 0.3) is 0 Å². The zero-order valence-corrected chi connectivity index (χ0v) is 27.4. The third kappa shape index (κ3) is 10.3. The van der Waals surface area contributed by atoms with Gasteiger partial charge in [-0.3, -0.25) is 4.79 Å². The molecule has 46 heavy (non-hydrogen) atoms. The van der Waals surface area contributed by atoms with Crippen molar-refractivity contribution in [1.82, 2.24) is 5.32 Å². The fourth-order valence-corrected chi connectivity index (χ4v) is 7.19. The van der Waals surface area contributed by atoms with Gasteiger partial charge in [-0.25, -0.2) is 0 Å². The summed E-state index contributed by atoms with van der Waals surface area (Å²) in [7, 11) is 0. The molecule has 270 valence electrons. The van der Waals surface area contributed by atoms with Crippen LogP contribution >= 0.6 is 0 Å². The van der Waals surface area contributed by atoms with E-state index in [0.717, 1.165) is 64.2 Å². The molecule has 0 bridgehead atoms. The van der Waals surface area contributed by atoms with E-state index in [1.165, 1.54) is 6.42 Å². The molecule has 0 aromatic heterocycles. The number of amides is 1. The predicted molar refractivity (Wildman–Crippen MR) is 164 cm³/mol. The quantitative estimate of drug-likeness (QED) is 0.0896. The van der Waals surface area contributed by atoms with E-state index >= 15 is 0 Å². The van der Waals surface area contributed by atoms with Gasteiger partial charge in [0.05, 0.1) is 32.5 Å². The van der Waals surface area contributed by atoms with Crippen LogP contribution in [0.4, 0.5) is 0 Å². The van der Waals surface area contributed by atoms with Crippen molar-refractivity contribution in [2.45, 2.75) is 158 Å². The molecule has 0 aromatic carbocycles. The fraction of sp³-hybridized carbons (Fsp3) is 0.969. The maximum absolute atomic E-state index is 13.9. The zero-order valence-electron chi connectivity index (χ0n) is 27.4. The van der Waals surface area contributed by atoms with Gasteiger partial charge in [-0.15, -0.1) is 0 Å². The normalized spacial score (nSPS) is 35.2.